The number of ether oxygens (including phenoxy) is 1. The Hall–Kier alpha value is -2.52. The third kappa shape index (κ3) is 4.00. The van der Waals surface area contributed by atoms with Gasteiger partial charge >= 0.3 is 5.97 Å². The van der Waals surface area contributed by atoms with Crippen LogP contribution in [0.1, 0.15) is 13.3 Å². The number of hydrogen-bond donors (Lipinski definition) is 1. The van der Waals surface area contributed by atoms with Gasteiger partial charge in [0.25, 0.3) is 5.56 Å². The van der Waals surface area contributed by atoms with Crippen LogP contribution >= 0.6 is 22.7 Å². The highest BCUT2D eigenvalue weighted by Crippen LogP contribution is 2.33. The fourth-order valence-electron chi connectivity index (χ4n) is 2.44. The molecule has 0 aliphatic carbocycles. The van der Waals surface area contributed by atoms with Crippen molar-refractivity contribution in [3.63, 3.8) is 0 Å². The highest BCUT2D eigenvalue weighted by atomic mass is 32.1. The molecular formula is C17H17N3O4S2. The second-order valence-electron chi connectivity index (χ2n) is 5.39. The van der Waals surface area contributed by atoms with Crippen molar-refractivity contribution in [2.75, 3.05) is 13.2 Å². The zero-order valence-corrected chi connectivity index (χ0v) is 15.7. The minimum absolute atomic E-state index is 0.0961. The van der Waals surface area contributed by atoms with E-state index in [1.807, 2.05) is 22.9 Å². The van der Waals surface area contributed by atoms with Gasteiger partial charge < -0.3 is 10.1 Å². The van der Waals surface area contributed by atoms with Crippen LogP contribution in [0.2, 0.25) is 0 Å². The van der Waals surface area contributed by atoms with Gasteiger partial charge in [-0.25, -0.2) is 4.98 Å². The topological polar surface area (TPSA) is 90.3 Å². The van der Waals surface area contributed by atoms with E-state index >= 15 is 0 Å². The lowest BCUT2D eigenvalue weighted by molar-refractivity contribution is -0.143. The number of rotatable bonds is 7. The molecule has 0 aromatic carbocycles. The van der Waals surface area contributed by atoms with Gasteiger partial charge in [-0.05, 0) is 18.4 Å². The van der Waals surface area contributed by atoms with E-state index in [4.69, 9.17) is 4.74 Å². The highest BCUT2D eigenvalue weighted by Gasteiger charge is 2.15. The number of esters is 1. The molecule has 7 nitrogen and oxygen atoms in total. The first-order chi connectivity index (χ1) is 12.6. The van der Waals surface area contributed by atoms with E-state index in [1.165, 1.54) is 22.2 Å². The summed E-state index contributed by atoms with van der Waals surface area (Å²) in [5.74, 6) is -0.725. The molecule has 3 aromatic rings. The fraction of sp³-hybridized carbons (Fsp3) is 0.294. The van der Waals surface area contributed by atoms with Crippen LogP contribution < -0.4 is 10.9 Å². The number of fused-ring (bicyclic) bond motifs is 1. The molecule has 0 saturated carbocycles. The van der Waals surface area contributed by atoms with Gasteiger partial charge in [0.05, 0.1) is 24.7 Å². The molecule has 1 N–H and O–H groups in total. The molecule has 3 heterocycles. The first-order valence-corrected chi connectivity index (χ1v) is 9.79. The molecule has 0 spiro atoms. The second kappa shape index (κ2) is 8.24. The van der Waals surface area contributed by atoms with Crippen LogP contribution in [0.15, 0.2) is 34.0 Å². The van der Waals surface area contributed by atoms with E-state index in [1.54, 1.807) is 18.3 Å². The summed E-state index contributed by atoms with van der Waals surface area (Å²) in [6, 6.07) is 3.88. The SMILES string of the molecule is CCOC(=O)CCNC(=O)Cn1cnc2scc(-c3cccs3)c2c1=O. The lowest BCUT2D eigenvalue weighted by atomic mass is 10.2. The average Bonchev–Trinajstić information content (AvgIpc) is 3.27. The Morgan fingerprint density at radius 3 is 2.92 bits per heavy atom. The van der Waals surface area contributed by atoms with Crippen molar-refractivity contribution in [1.82, 2.24) is 14.9 Å². The summed E-state index contributed by atoms with van der Waals surface area (Å²) in [5, 5.41) is 7.00. The molecular weight excluding hydrogens is 374 g/mol. The predicted molar refractivity (Wildman–Crippen MR) is 101 cm³/mol. The zero-order valence-electron chi connectivity index (χ0n) is 14.1. The predicted octanol–water partition coefficient (Wildman–Crippen LogP) is 2.26. The Morgan fingerprint density at radius 1 is 1.35 bits per heavy atom. The molecule has 0 radical (unpaired) electrons. The smallest absolute Gasteiger partial charge is 0.307 e. The number of hydrogen-bond acceptors (Lipinski definition) is 7. The van der Waals surface area contributed by atoms with E-state index < -0.39 is 0 Å². The lowest BCUT2D eigenvalue weighted by Crippen LogP contribution is -2.33. The molecule has 0 saturated heterocycles. The van der Waals surface area contributed by atoms with Crippen molar-refractivity contribution in [3.05, 3.63) is 39.6 Å². The maximum Gasteiger partial charge on any atom is 0.307 e. The molecule has 0 unspecified atom stereocenters. The third-order valence-corrected chi connectivity index (χ3v) is 5.41. The van der Waals surface area contributed by atoms with Gasteiger partial charge in [0.1, 0.15) is 11.4 Å². The minimum atomic E-state index is -0.369. The van der Waals surface area contributed by atoms with E-state index in [9.17, 15) is 14.4 Å². The molecule has 3 aromatic heterocycles. The molecule has 0 aliphatic heterocycles. The number of nitrogens with zero attached hydrogens (tertiary/aromatic N) is 2. The Kier molecular flexibility index (Phi) is 5.79. The number of carbonyl (C=O) groups excluding carboxylic acids is 2. The molecule has 9 heteroatoms. The van der Waals surface area contributed by atoms with Crippen LogP contribution in [-0.2, 0) is 20.9 Å². The summed E-state index contributed by atoms with van der Waals surface area (Å²) >= 11 is 2.96. The first-order valence-electron chi connectivity index (χ1n) is 8.03. The Morgan fingerprint density at radius 2 is 2.19 bits per heavy atom. The number of nitrogens with one attached hydrogen (secondary N) is 1. The van der Waals surface area contributed by atoms with Gasteiger partial charge in [-0.3, -0.25) is 19.0 Å². The Balaban J connectivity index is 1.73. The Bertz CT molecular complexity index is 976. The van der Waals surface area contributed by atoms with Crippen LogP contribution in [0.3, 0.4) is 0 Å². The van der Waals surface area contributed by atoms with Crippen molar-refractivity contribution < 1.29 is 14.3 Å². The molecule has 0 atom stereocenters. The van der Waals surface area contributed by atoms with E-state index in [0.717, 1.165) is 10.4 Å². The van der Waals surface area contributed by atoms with Crippen molar-refractivity contribution >= 4 is 44.8 Å². The van der Waals surface area contributed by atoms with Gasteiger partial charge in [-0.15, -0.1) is 22.7 Å². The van der Waals surface area contributed by atoms with Crippen LogP contribution in [0.5, 0.6) is 0 Å². The van der Waals surface area contributed by atoms with Gasteiger partial charge in [0.15, 0.2) is 0 Å². The van der Waals surface area contributed by atoms with E-state index in [2.05, 4.69) is 10.3 Å². The molecule has 136 valence electrons. The number of amides is 1. The first kappa shape index (κ1) is 18.3. The largest absolute Gasteiger partial charge is 0.466 e. The maximum atomic E-state index is 12.8. The second-order valence-corrected chi connectivity index (χ2v) is 7.20. The molecule has 0 fully saturated rings. The van der Waals surface area contributed by atoms with Crippen LogP contribution in [0, 0.1) is 0 Å². The summed E-state index contributed by atoms with van der Waals surface area (Å²) in [4.78, 5) is 42.0. The van der Waals surface area contributed by atoms with Crippen LogP contribution in [-0.4, -0.2) is 34.6 Å². The van der Waals surface area contributed by atoms with Gasteiger partial charge in [0, 0.05) is 22.4 Å². The minimum Gasteiger partial charge on any atom is -0.466 e. The van der Waals surface area contributed by atoms with Crippen molar-refractivity contribution in [2.45, 2.75) is 19.9 Å². The van der Waals surface area contributed by atoms with Crippen molar-refractivity contribution in [2.24, 2.45) is 0 Å². The normalized spacial score (nSPS) is 10.8. The summed E-state index contributed by atoms with van der Waals surface area (Å²) in [6.07, 6.45) is 1.48. The standard InChI is InChI=1S/C17H17N3O4S2/c1-2-24-14(22)5-6-18-13(21)8-20-10-19-16-15(17(20)23)11(9-26-16)12-4-3-7-25-12/h3-4,7,9-10H,2,5-6,8H2,1H3,(H,18,21). The van der Waals surface area contributed by atoms with Gasteiger partial charge in [0.2, 0.25) is 5.91 Å². The molecule has 0 aliphatic rings. The molecule has 26 heavy (non-hydrogen) atoms. The monoisotopic (exact) mass is 391 g/mol. The van der Waals surface area contributed by atoms with Crippen molar-refractivity contribution in [1.29, 1.82) is 0 Å². The van der Waals surface area contributed by atoms with Gasteiger partial charge in [-0.2, -0.15) is 0 Å². The number of carbonyl (C=O) groups is 2. The number of thiophene rings is 2. The number of aromatic nitrogens is 2. The lowest BCUT2D eigenvalue weighted by Gasteiger charge is -2.07. The third-order valence-electron chi connectivity index (χ3n) is 3.62. The summed E-state index contributed by atoms with van der Waals surface area (Å²) in [5.41, 5.74) is 0.592. The fourth-order valence-corrected chi connectivity index (χ4v) is 4.16. The summed E-state index contributed by atoms with van der Waals surface area (Å²) in [6.45, 7) is 2.05. The summed E-state index contributed by atoms with van der Waals surface area (Å²) in [7, 11) is 0. The van der Waals surface area contributed by atoms with Gasteiger partial charge in [-0.1, -0.05) is 6.07 Å². The average molecular weight is 391 g/mol. The zero-order chi connectivity index (χ0) is 18.5. The molecule has 1 amide bonds. The maximum absolute atomic E-state index is 12.8. The van der Waals surface area contributed by atoms with Crippen molar-refractivity contribution in [3.8, 4) is 10.4 Å². The van der Waals surface area contributed by atoms with E-state index in [0.29, 0.717) is 16.8 Å². The van der Waals surface area contributed by atoms with Crippen LogP contribution in [0.25, 0.3) is 20.7 Å². The Labute approximate surface area is 157 Å². The quantitative estimate of drug-likeness (QED) is 0.624. The highest BCUT2D eigenvalue weighted by molar-refractivity contribution is 7.18. The molecule has 0 bridgehead atoms. The summed E-state index contributed by atoms with van der Waals surface area (Å²) < 4.78 is 6.08. The van der Waals surface area contributed by atoms with E-state index in [-0.39, 0.29) is 36.9 Å². The van der Waals surface area contributed by atoms with Crippen LogP contribution in [0.4, 0.5) is 0 Å². The molecule has 3 rings (SSSR count).